The Kier molecular flexibility index (Phi) is 2.57. The van der Waals surface area contributed by atoms with E-state index in [1.54, 1.807) is 11.3 Å². The van der Waals surface area contributed by atoms with Gasteiger partial charge in [-0.25, -0.2) is 4.98 Å². The van der Waals surface area contributed by atoms with Gasteiger partial charge in [-0.3, -0.25) is 0 Å². The highest BCUT2D eigenvalue weighted by atomic mass is 35.5. The Labute approximate surface area is 92.4 Å². The van der Waals surface area contributed by atoms with E-state index < -0.39 is 0 Å². The molecule has 1 aromatic heterocycles. The van der Waals surface area contributed by atoms with E-state index in [9.17, 15) is 0 Å². The Morgan fingerprint density at radius 3 is 2.79 bits per heavy atom. The normalized spacial score (nSPS) is 10.5. The highest BCUT2D eigenvalue weighted by Gasteiger charge is 2.05. The predicted molar refractivity (Wildman–Crippen MR) is 61.8 cm³/mol. The molecule has 1 nitrogen and oxygen atoms in total. The van der Waals surface area contributed by atoms with Crippen LogP contribution in [0.4, 0.5) is 0 Å². The van der Waals surface area contributed by atoms with Crippen molar-refractivity contribution in [2.75, 3.05) is 0 Å². The first-order valence-corrected chi connectivity index (χ1v) is 5.41. The van der Waals surface area contributed by atoms with Crippen molar-refractivity contribution in [2.24, 2.45) is 0 Å². The molecule has 1 aromatic carbocycles. The van der Waals surface area contributed by atoms with E-state index in [4.69, 9.17) is 11.6 Å². The Morgan fingerprint density at radius 1 is 1.43 bits per heavy atom. The van der Waals surface area contributed by atoms with Crippen molar-refractivity contribution < 1.29 is 0 Å². The van der Waals surface area contributed by atoms with E-state index in [-0.39, 0.29) is 0 Å². The third-order valence-corrected chi connectivity index (χ3v) is 3.26. The summed E-state index contributed by atoms with van der Waals surface area (Å²) in [6, 6.07) is 7.71. The molecule has 0 aliphatic rings. The number of thiazole rings is 1. The third kappa shape index (κ3) is 1.81. The highest BCUT2D eigenvalue weighted by molar-refractivity contribution is 7.15. The zero-order chi connectivity index (χ0) is 10.1. The first-order valence-electron chi connectivity index (χ1n) is 4.22. The maximum atomic E-state index is 5.90. The van der Waals surface area contributed by atoms with Gasteiger partial charge < -0.3 is 0 Å². The summed E-state index contributed by atoms with van der Waals surface area (Å²) < 4.78 is 0. The highest BCUT2D eigenvalue weighted by Crippen LogP contribution is 2.28. The molecule has 2 aromatic rings. The lowest BCUT2D eigenvalue weighted by Crippen LogP contribution is -1.76. The van der Waals surface area contributed by atoms with E-state index in [1.165, 1.54) is 0 Å². The Bertz CT molecular complexity index is 443. The van der Waals surface area contributed by atoms with Crippen LogP contribution in [0.5, 0.6) is 0 Å². The molecule has 0 saturated carbocycles. The van der Waals surface area contributed by atoms with E-state index >= 15 is 0 Å². The zero-order valence-electron chi connectivity index (χ0n) is 7.75. The van der Waals surface area contributed by atoms with Crippen LogP contribution in [0, 0.1) is 13.8 Å². The van der Waals surface area contributed by atoms with Crippen LogP contribution in [0.15, 0.2) is 24.3 Å². The molecular weight excluding hydrogens is 214 g/mol. The summed E-state index contributed by atoms with van der Waals surface area (Å²) in [5.74, 6) is 0. The molecule has 0 aliphatic carbocycles. The van der Waals surface area contributed by atoms with Crippen LogP contribution in [0.25, 0.3) is 10.6 Å². The van der Waals surface area contributed by atoms with Crippen LogP contribution >= 0.6 is 22.9 Å². The van der Waals surface area contributed by atoms with Gasteiger partial charge in [-0.15, -0.1) is 11.3 Å². The molecule has 2 rings (SSSR count). The molecule has 71 valence electrons. The summed E-state index contributed by atoms with van der Waals surface area (Å²) in [6.07, 6.45) is 0. The summed E-state index contributed by atoms with van der Waals surface area (Å²) in [7, 11) is 0. The molecule has 0 spiro atoms. The number of aryl methyl sites for hydroxylation is 1. The minimum Gasteiger partial charge on any atom is -0.241 e. The van der Waals surface area contributed by atoms with Crippen molar-refractivity contribution in [3.05, 3.63) is 46.8 Å². The van der Waals surface area contributed by atoms with Crippen LogP contribution < -0.4 is 0 Å². The average molecular weight is 223 g/mol. The monoisotopic (exact) mass is 222 g/mol. The van der Waals surface area contributed by atoms with Gasteiger partial charge in [-0.05, 0) is 26.0 Å². The largest absolute Gasteiger partial charge is 0.241 e. The van der Waals surface area contributed by atoms with Gasteiger partial charge in [0.25, 0.3) is 0 Å². The summed E-state index contributed by atoms with van der Waals surface area (Å²) in [6.45, 7) is 5.88. The van der Waals surface area contributed by atoms with E-state index in [0.717, 1.165) is 26.2 Å². The number of hydrogen-bond donors (Lipinski definition) is 0. The van der Waals surface area contributed by atoms with Crippen molar-refractivity contribution in [2.45, 2.75) is 6.92 Å². The number of benzene rings is 1. The second-order valence-corrected chi connectivity index (χ2v) is 4.56. The fraction of sp³-hybridized carbons (Fsp3) is 0.0909. The van der Waals surface area contributed by atoms with E-state index in [2.05, 4.69) is 11.9 Å². The molecule has 1 heterocycles. The molecule has 0 bridgehead atoms. The molecule has 1 radical (unpaired) electrons. The topological polar surface area (TPSA) is 12.9 Å². The van der Waals surface area contributed by atoms with Gasteiger partial charge in [0, 0.05) is 15.5 Å². The van der Waals surface area contributed by atoms with Crippen molar-refractivity contribution in [3.8, 4) is 10.6 Å². The Morgan fingerprint density at radius 2 is 2.21 bits per heavy atom. The van der Waals surface area contributed by atoms with Crippen molar-refractivity contribution >= 4 is 22.9 Å². The SMILES string of the molecule is [CH2]c1sc(-c2cccc(Cl)c2)nc1C. The van der Waals surface area contributed by atoms with Crippen LogP contribution in [0.3, 0.4) is 0 Å². The maximum Gasteiger partial charge on any atom is 0.123 e. The van der Waals surface area contributed by atoms with E-state index in [1.807, 2.05) is 31.2 Å². The minimum absolute atomic E-state index is 0.737. The maximum absolute atomic E-state index is 5.90. The summed E-state index contributed by atoms with van der Waals surface area (Å²) in [5.41, 5.74) is 2.05. The fourth-order valence-corrected chi connectivity index (χ4v) is 2.22. The van der Waals surface area contributed by atoms with Gasteiger partial charge in [0.2, 0.25) is 0 Å². The molecule has 0 fully saturated rings. The minimum atomic E-state index is 0.737. The summed E-state index contributed by atoms with van der Waals surface area (Å²) >= 11 is 7.50. The van der Waals surface area contributed by atoms with Crippen LogP contribution in [-0.4, -0.2) is 4.98 Å². The van der Waals surface area contributed by atoms with E-state index in [0.29, 0.717) is 0 Å². The van der Waals surface area contributed by atoms with Gasteiger partial charge in [0.15, 0.2) is 0 Å². The van der Waals surface area contributed by atoms with Crippen molar-refractivity contribution in [1.29, 1.82) is 0 Å². The summed E-state index contributed by atoms with van der Waals surface area (Å²) in [5, 5.41) is 1.72. The zero-order valence-corrected chi connectivity index (χ0v) is 9.32. The number of nitrogens with zero attached hydrogens (tertiary/aromatic N) is 1. The van der Waals surface area contributed by atoms with Crippen molar-refractivity contribution in [3.63, 3.8) is 0 Å². The molecule has 0 aliphatic heterocycles. The van der Waals surface area contributed by atoms with Gasteiger partial charge in [0.1, 0.15) is 5.01 Å². The van der Waals surface area contributed by atoms with Crippen LogP contribution in [-0.2, 0) is 0 Å². The average Bonchev–Trinajstić information content (AvgIpc) is 2.47. The second-order valence-electron chi connectivity index (χ2n) is 3.04. The number of aromatic nitrogens is 1. The number of rotatable bonds is 1. The first-order chi connectivity index (χ1) is 6.66. The third-order valence-electron chi connectivity index (χ3n) is 1.96. The molecule has 14 heavy (non-hydrogen) atoms. The van der Waals surface area contributed by atoms with Crippen LogP contribution in [0.2, 0.25) is 5.02 Å². The first kappa shape index (κ1) is 9.69. The molecule has 0 atom stereocenters. The van der Waals surface area contributed by atoms with Gasteiger partial charge in [-0.1, -0.05) is 23.7 Å². The van der Waals surface area contributed by atoms with Crippen LogP contribution in [0.1, 0.15) is 10.6 Å². The second kappa shape index (κ2) is 3.71. The summed E-state index contributed by atoms with van der Waals surface area (Å²) in [4.78, 5) is 5.43. The number of halogens is 1. The molecule has 3 heteroatoms. The molecule has 0 N–H and O–H groups in total. The Balaban J connectivity index is 2.49. The molecule has 0 unspecified atom stereocenters. The molecular formula is C11H9ClNS. The quantitative estimate of drug-likeness (QED) is 0.712. The number of hydrogen-bond acceptors (Lipinski definition) is 2. The Hall–Kier alpha value is -0.860. The molecule has 0 amide bonds. The predicted octanol–water partition coefficient (Wildman–Crippen LogP) is 3.95. The molecule has 0 saturated heterocycles. The lowest BCUT2D eigenvalue weighted by Gasteiger charge is -1.95. The lowest BCUT2D eigenvalue weighted by atomic mass is 10.2. The van der Waals surface area contributed by atoms with Gasteiger partial charge in [-0.2, -0.15) is 0 Å². The standard InChI is InChI=1S/C11H9ClNS/c1-7-8(2)14-11(13-7)9-4-3-5-10(12)6-9/h3-6H,2H2,1H3. The van der Waals surface area contributed by atoms with Gasteiger partial charge >= 0.3 is 0 Å². The lowest BCUT2D eigenvalue weighted by molar-refractivity contribution is 1.25. The van der Waals surface area contributed by atoms with Gasteiger partial charge in [0.05, 0.1) is 5.69 Å². The smallest absolute Gasteiger partial charge is 0.123 e. The fourth-order valence-electron chi connectivity index (χ4n) is 1.17. The van der Waals surface area contributed by atoms with Crippen molar-refractivity contribution in [1.82, 2.24) is 4.98 Å².